The molecule has 1 unspecified atom stereocenters. The van der Waals surface area contributed by atoms with Crippen molar-refractivity contribution in [2.45, 2.75) is 39.9 Å². The molecule has 0 aliphatic heterocycles. The first-order valence-electron chi connectivity index (χ1n) is 6.65. The highest BCUT2D eigenvalue weighted by molar-refractivity contribution is 5.27. The fraction of sp³-hybridized carbons (Fsp3) is 0.400. The zero-order valence-corrected chi connectivity index (χ0v) is 11.7. The van der Waals surface area contributed by atoms with E-state index in [-0.39, 0.29) is 6.04 Å². The van der Waals surface area contributed by atoms with E-state index in [9.17, 15) is 5.11 Å². The van der Waals surface area contributed by atoms with Gasteiger partial charge in [0, 0.05) is 30.9 Å². The number of aryl methyl sites for hydroxylation is 2. The number of phenolic OH excluding ortho intramolecular Hbond substituents is 1. The van der Waals surface area contributed by atoms with Crippen LogP contribution in [0.15, 0.2) is 30.5 Å². The normalized spacial score (nSPS) is 12.6. The second-order valence-electron chi connectivity index (χ2n) is 4.80. The SMILES string of the molecule is CCn1cc(C(C)NCc2cccc(O)c2)c(C)n1. The van der Waals surface area contributed by atoms with Gasteiger partial charge in [-0.25, -0.2) is 0 Å². The van der Waals surface area contributed by atoms with Crippen LogP contribution < -0.4 is 5.32 Å². The van der Waals surface area contributed by atoms with E-state index in [0.29, 0.717) is 5.75 Å². The third-order valence-electron chi connectivity index (χ3n) is 3.30. The summed E-state index contributed by atoms with van der Waals surface area (Å²) in [6.45, 7) is 7.87. The lowest BCUT2D eigenvalue weighted by Gasteiger charge is -2.13. The molecule has 2 N–H and O–H groups in total. The summed E-state index contributed by atoms with van der Waals surface area (Å²) >= 11 is 0. The van der Waals surface area contributed by atoms with Crippen molar-refractivity contribution in [3.05, 3.63) is 47.3 Å². The largest absolute Gasteiger partial charge is 0.508 e. The topological polar surface area (TPSA) is 50.1 Å². The molecule has 4 nitrogen and oxygen atoms in total. The third-order valence-corrected chi connectivity index (χ3v) is 3.30. The molecule has 4 heteroatoms. The first-order valence-corrected chi connectivity index (χ1v) is 6.65. The van der Waals surface area contributed by atoms with E-state index in [1.54, 1.807) is 12.1 Å². The Morgan fingerprint density at radius 1 is 1.42 bits per heavy atom. The maximum Gasteiger partial charge on any atom is 0.115 e. The molecule has 1 heterocycles. The van der Waals surface area contributed by atoms with Gasteiger partial charge in [0.1, 0.15) is 5.75 Å². The predicted octanol–water partition coefficient (Wildman–Crippen LogP) is 2.77. The van der Waals surface area contributed by atoms with Gasteiger partial charge in [0.05, 0.1) is 5.69 Å². The fourth-order valence-corrected chi connectivity index (χ4v) is 2.17. The number of phenols is 1. The Morgan fingerprint density at radius 2 is 2.21 bits per heavy atom. The minimum atomic E-state index is 0.239. The van der Waals surface area contributed by atoms with Crippen LogP contribution in [0.1, 0.15) is 36.7 Å². The van der Waals surface area contributed by atoms with Gasteiger partial charge in [0.15, 0.2) is 0 Å². The summed E-state index contributed by atoms with van der Waals surface area (Å²) in [6, 6.07) is 7.56. The van der Waals surface area contributed by atoms with Crippen LogP contribution in [-0.4, -0.2) is 14.9 Å². The van der Waals surface area contributed by atoms with Gasteiger partial charge in [-0.2, -0.15) is 5.10 Å². The zero-order chi connectivity index (χ0) is 13.8. The molecule has 0 fully saturated rings. The van der Waals surface area contributed by atoms with E-state index in [1.807, 2.05) is 23.7 Å². The lowest BCUT2D eigenvalue weighted by molar-refractivity contribution is 0.473. The van der Waals surface area contributed by atoms with Gasteiger partial charge < -0.3 is 10.4 Å². The molecule has 0 spiro atoms. The van der Waals surface area contributed by atoms with Gasteiger partial charge in [-0.05, 0) is 38.5 Å². The van der Waals surface area contributed by atoms with E-state index < -0.39 is 0 Å². The Morgan fingerprint density at radius 3 is 2.84 bits per heavy atom. The van der Waals surface area contributed by atoms with Crippen LogP contribution in [0.4, 0.5) is 0 Å². The molecule has 102 valence electrons. The second kappa shape index (κ2) is 5.89. The van der Waals surface area contributed by atoms with Crippen LogP contribution in [0.3, 0.4) is 0 Å². The fourth-order valence-electron chi connectivity index (χ4n) is 2.17. The van der Waals surface area contributed by atoms with Crippen LogP contribution in [0.25, 0.3) is 0 Å². The van der Waals surface area contributed by atoms with E-state index in [2.05, 4.69) is 30.5 Å². The smallest absolute Gasteiger partial charge is 0.115 e. The van der Waals surface area contributed by atoms with E-state index in [4.69, 9.17) is 0 Å². The van der Waals surface area contributed by atoms with Crippen molar-refractivity contribution in [3.8, 4) is 5.75 Å². The van der Waals surface area contributed by atoms with Gasteiger partial charge in [-0.1, -0.05) is 12.1 Å². The molecule has 2 rings (SSSR count). The van der Waals surface area contributed by atoms with Crippen molar-refractivity contribution >= 4 is 0 Å². The Kier molecular flexibility index (Phi) is 4.22. The van der Waals surface area contributed by atoms with Gasteiger partial charge in [0.2, 0.25) is 0 Å². The molecule has 1 aromatic carbocycles. The van der Waals surface area contributed by atoms with Gasteiger partial charge in [-0.3, -0.25) is 4.68 Å². The molecule has 0 aliphatic carbocycles. The lowest BCUT2D eigenvalue weighted by atomic mass is 10.1. The van der Waals surface area contributed by atoms with Gasteiger partial charge in [-0.15, -0.1) is 0 Å². The maximum absolute atomic E-state index is 9.43. The van der Waals surface area contributed by atoms with Crippen molar-refractivity contribution < 1.29 is 5.11 Å². The molecule has 0 saturated heterocycles. The van der Waals surface area contributed by atoms with Crippen LogP contribution in [0.2, 0.25) is 0 Å². The Bertz CT molecular complexity index is 548. The number of hydrogen-bond donors (Lipinski definition) is 2. The van der Waals surface area contributed by atoms with Crippen LogP contribution in [-0.2, 0) is 13.1 Å². The Hall–Kier alpha value is -1.81. The van der Waals surface area contributed by atoms with Gasteiger partial charge >= 0.3 is 0 Å². The number of rotatable bonds is 5. The summed E-state index contributed by atoms with van der Waals surface area (Å²) in [5.41, 5.74) is 3.37. The Balaban J connectivity index is 2.00. The van der Waals surface area contributed by atoms with Crippen LogP contribution in [0.5, 0.6) is 5.75 Å². The molecule has 2 aromatic rings. The van der Waals surface area contributed by atoms with Crippen molar-refractivity contribution in [2.75, 3.05) is 0 Å². The maximum atomic E-state index is 9.43. The monoisotopic (exact) mass is 259 g/mol. The molecule has 0 radical (unpaired) electrons. The molecular weight excluding hydrogens is 238 g/mol. The second-order valence-corrected chi connectivity index (χ2v) is 4.80. The van der Waals surface area contributed by atoms with Gasteiger partial charge in [0.25, 0.3) is 0 Å². The Labute approximate surface area is 114 Å². The average molecular weight is 259 g/mol. The van der Waals surface area contributed by atoms with Crippen molar-refractivity contribution in [1.29, 1.82) is 0 Å². The van der Waals surface area contributed by atoms with Crippen molar-refractivity contribution in [2.24, 2.45) is 0 Å². The molecule has 0 aliphatic rings. The number of nitrogens with zero attached hydrogens (tertiary/aromatic N) is 2. The average Bonchev–Trinajstić information content (AvgIpc) is 2.77. The molecule has 1 atom stereocenters. The minimum absolute atomic E-state index is 0.239. The van der Waals surface area contributed by atoms with Crippen LogP contribution >= 0.6 is 0 Å². The summed E-state index contributed by atoms with van der Waals surface area (Å²) in [7, 11) is 0. The van der Waals surface area contributed by atoms with E-state index in [1.165, 1.54) is 5.56 Å². The van der Waals surface area contributed by atoms with Crippen molar-refractivity contribution in [1.82, 2.24) is 15.1 Å². The molecule has 0 saturated carbocycles. The highest BCUT2D eigenvalue weighted by Crippen LogP contribution is 2.17. The number of aromatic hydroxyl groups is 1. The summed E-state index contributed by atoms with van der Waals surface area (Å²) < 4.78 is 1.96. The zero-order valence-electron chi connectivity index (χ0n) is 11.7. The molecule has 19 heavy (non-hydrogen) atoms. The molecule has 1 aromatic heterocycles. The third kappa shape index (κ3) is 3.35. The summed E-state index contributed by atoms with van der Waals surface area (Å²) in [5, 5.41) is 17.3. The van der Waals surface area contributed by atoms with E-state index in [0.717, 1.165) is 24.3 Å². The predicted molar refractivity (Wildman–Crippen MR) is 76.0 cm³/mol. The summed E-state index contributed by atoms with van der Waals surface area (Å²) in [5.74, 6) is 0.307. The quantitative estimate of drug-likeness (QED) is 0.868. The number of hydrogen-bond acceptors (Lipinski definition) is 3. The summed E-state index contributed by atoms with van der Waals surface area (Å²) in [4.78, 5) is 0. The highest BCUT2D eigenvalue weighted by Gasteiger charge is 2.11. The number of aromatic nitrogens is 2. The number of benzene rings is 1. The van der Waals surface area contributed by atoms with Crippen molar-refractivity contribution in [3.63, 3.8) is 0 Å². The summed E-state index contributed by atoms with van der Waals surface area (Å²) in [6.07, 6.45) is 2.09. The lowest BCUT2D eigenvalue weighted by Crippen LogP contribution is -2.18. The number of nitrogens with one attached hydrogen (secondary N) is 1. The standard InChI is InChI=1S/C15H21N3O/c1-4-18-10-15(12(3)17-18)11(2)16-9-13-6-5-7-14(19)8-13/h5-8,10-11,16,19H,4,9H2,1-3H3. The minimum Gasteiger partial charge on any atom is -0.508 e. The highest BCUT2D eigenvalue weighted by atomic mass is 16.3. The first-order chi connectivity index (χ1) is 9.10. The van der Waals surface area contributed by atoms with E-state index >= 15 is 0 Å². The van der Waals surface area contributed by atoms with Crippen LogP contribution in [0, 0.1) is 6.92 Å². The molecular formula is C15H21N3O. The molecule has 0 bridgehead atoms. The molecule has 0 amide bonds. The first kappa shape index (κ1) is 13.6.